The number of benzene rings is 1. The summed E-state index contributed by atoms with van der Waals surface area (Å²) in [5.41, 5.74) is 9.20. The summed E-state index contributed by atoms with van der Waals surface area (Å²) in [4.78, 5) is 13.6. The van der Waals surface area contributed by atoms with E-state index in [2.05, 4.69) is 42.3 Å². The van der Waals surface area contributed by atoms with Gasteiger partial charge in [-0.15, -0.1) is 0 Å². The average Bonchev–Trinajstić information content (AvgIpc) is 2.86. The molecule has 1 aromatic carbocycles. The smallest absolute Gasteiger partial charge is 0.222 e. The third-order valence-electron chi connectivity index (χ3n) is 3.73. The second-order valence-corrected chi connectivity index (χ2v) is 5.25. The van der Waals surface area contributed by atoms with Gasteiger partial charge < -0.3 is 16.0 Å². The molecule has 4 nitrogen and oxygen atoms in total. The van der Waals surface area contributed by atoms with Gasteiger partial charge in [-0.2, -0.15) is 0 Å². The van der Waals surface area contributed by atoms with Crippen molar-refractivity contribution in [3.05, 3.63) is 29.3 Å². The molecule has 4 heteroatoms. The van der Waals surface area contributed by atoms with Gasteiger partial charge >= 0.3 is 0 Å². The van der Waals surface area contributed by atoms with Crippen LogP contribution in [-0.2, 0) is 11.3 Å². The number of hydrogen-bond acceptors (Lipinski definition) is 3. The first-order valence-electron chi connectivity index (χ1n) is 6.96. The Labute approximate surface area is 115 Å². The Morgan fingerprint density at radius 2 is 2.32 bits per heavy atom. The molecule has 0 bridgehead atoms. The van der Waals surface area contributed by atoms with E-state index in [-0.39, 0.29) is 11.8 Å². The predicted molar refractivity (Wildman–Crippen MR) is 78.1 cm³/mol. The van der Waals surface area contributed by atoms with Gasteiger partial charge in [0.25, 0.3) is 0 Å². The zero-order valence-corrected chi connectivity index (χ0v) is 11.8. The minimum Gasteiger partial charge on any atom is -0.370 e. The first-order valence-corrected chi connectivity index (χ1v) is 6.96. The summed E-state index contributed by atoms with van der Waals surface area (Å²) in [7, 11) is 0. The van der Waals surface area contributed by atoms with E-state index in [0.717, 1.165) is 32.6 Å². The van der Waals surface area contributed by atoms with Crippen molar-refractivity contribution < 1.29 is 4.79 Å². The van der Waals surface area contributed by atoms with E-state index in [1.165, 1.54) is 16.8 Å². The van der Waals surface area contributed by atoms with Crippen molar-refractivity contribution in [3.63, 3.8) is 0 Å². The molecule has 3 N–H and O–H groups in total. The molecule has 2 rings (SSSR count). The van der Waals surface area contributed by atoms with E-state index in [0.29, 0.717) is 0 Å². The Balaban J connectivity index is 2.17. The Hall–Kier alpha value is -1.55. The molecule has 19 heavy (non-hydrogen) atoms. The molecule has 0 aliphatic carbocycles. The third kappa shape index (κ3) is 3.26. The molecule has 0 saturated carbocycles. The molecule has 1 saturated heterocycles. The fourth-order valence-corrected chi connectivity index (χ4v) is 2.64. The number of anilines is 1. The topological polar surface area (TPSA) is 58.4 Å². The molecule has 1 amide bonds. The van der Waals surface area contributed by atoms with Crippen LogP contribution in [0.2, 0.25) is 0 Å². The van der Waals surface area contributed by atoms with Gasteiger partial charge in [0.1, 0.15) is 0 Å². The van der Waals surface area contributed by atoms with Crippen LogP contribution in [0.25, 0.3) is 0 Å². The Morgan fingerprint density at radius 3 is 2.95 bits per heavy atom. The maximum atomic E-state index is 11.3. The van der Waals surface area contributed by atoms with Crippen LogP contribution in [0.1, 0.15) is 24.5 Å². The summed E-state index contributed by atoms with van der Waals surface area (Å²) in [6.07, 6.45) is 0.865. The number of nitrogens with two attached hydrogens (primary N) is 1. The molecule has 0 aromatic heterocycles. The van der Waals surface area contributed by atoms with Crippen molar-refractivity contribution >= 4 is 11.6 Å². The highest BCUT2D eigenvalue weighted by Gasteiger charge is 2.27. The lowest BCUT2D eigenvalue weighted by molar-refractivity contribution is -0.121. The molecular formula is C15H23N3O. The summed E-state index contributed by atoms with van der Waals surface area (Å²) in [6, 6.07) is 6.50. The van der Waals surface area contributed by atoms with E-state index < -0.39 is 0 Å². The van der Waals surface area contributed by atoms with Crippen LogP contribution < -0.4 is 16.0 Å². The second kappa shape index (κ2) is 6.06. The van der Waals surface area contributed by atoms with Crippen LogP contribution in [0.3, 0.4) is 0 Å². The third-order valence-corrected chi connectivity index (χ3v) is 3.73. The Kier molecular flexibility index (Phi) is 4.43. The van der Waals surface area contributed by atoms with Gasteiger partial charge in [-0.25, -0.2) is 0 Å². The van der Waals surface area contributed by atoms with Crippen LogP contribution in [0.5, 0.6) is 0 Å². The van der Waals surface area contributed by atoms with Crippen molar-refractivity contribution in [2.75, 3.05) is 24.5 Å². The maximum absolute atomic E-state index is 11.3. The standard InChI is InChI=1S/C15H23N3O/c1-3-17-9-13-8-11(2)4-5-14(13)18-7-6-12(10-18)15(16)19/h4-5,8,12,17H,3,6-7,9-10H2,1-2H3,(H2,16,19). The van der Waals surface area contributed by atoms with Crippen molar-refractivity contribution in [2.24, 2.45) is 11.7 Å². The van der Waals surface area contributed by atoms with Gasteiger partial charge in [0.15, 0.2) is 0 Å². The Morgan fingerprint density at radius 1 is 1.53 bits per heavy atom. The first-order chi connectivity index (χ1) is 9.11. The largest absolute Gasteiger partial charge is 0.370 e. The number of rotatable bonds is 5. The highest BCUT2D eigenvalue weighted by molar-refractivity contribution is 5.78. The lowest BCUT2D eigenvalue weighted by Crippen LogP contribution is -2.28. The van der Waals surface area contributed by atoms with Crippen molar-refractivity contribution in [1.82, 2.24) is 5.32 Å². The number of nitrogens with one attached hydrogen (secondary N) is 1. The van der Waals surface area contributed by atoms with Gasteiger partial charge in [0.05, 0.1) is 5.92 Å². The fourth-order valence-electron chi connectivity index (χ4n) is 2.64. The molecule has 1 fully saturated rings. The normalized spacial score (nSPS) is 18.8. The molecule has 0 spiro atoms. The zero-order chi connectivity index (χ0) is 13.8. The van der Waals surface area contributed by atoms with E-state index in [1.54, 1.807) is 0 Å². The van der Waals surface area contributed by atoms with Gasteiger partial charge in [0.2, 0.25) is 5.91 Å². The zero-order valence-electron chi connectivity index (χ0n) is 11.8. The summed E-state index contributed by atoms with van der Waals surface area (Å²) in [5.74, 6) is -0.184. The second-order valence-electron chi connectivity index (χ2n) is 5.25. The number of amides is 1. The highest BCUT2D eigenvalue weighted by atomic mass is 16.1. The number of aryl methyl sites for hydroxylation is 1. The molecular weight excluding hydrogens is 238 g/mol. The van der Waals surface area contributed by atoms with Crippen LogP contribution in [0.4, 0.5) is 5.69 Å². The van der Waals surface area contributed by atoms with Crippen molar-refractivity contribution in [2.45, 2.75) is 26.8 Å². The number of carbonyl (C=O) groups excluding carboxylic acids is 1. The summed E-state index contributed by atoms with van der Waals surface area (Å²) in [5, 5.41) is 3.37. The van der Waals surface area contributed by atoms with E-state index in [1.807, 2.05) is 0 Å². The summed E-state index contributed by atoms with van der Waals surface area (Å²) >= 11 is 0. The predicted octanol–water partition coefficient (Wildman–Crippen LogP) is 1.42. The summed E-state index contributed by atoms with van der Waals surface area (Å²) in [6.45, 7) is 7.69. The van der Waals surface area contributed by atoms with Crippen molar-refractivity contribution in [1.29, 1.82) is 0 Å². The molecule has 1 atom stereocenters. The van der Waals surface area contributed by atoms with Crippen LogP contribution in [0, 0.1) is 12.8 Å². The monoisotopic (exact) mass is 261 g/mol. The van der Waals surface area contributed by atoms with Crippen molar-refractivity contribution in [3.8, 4) is 0 Å². The SMILES string of the molecule is CCNCc1cc(C)ccc1N1CCC(C(N)=O)C1. The average molecular weight is 261 g/mol. The fraction of sp³-hybridized carbons (Fsp3) is 0.533. The minimum atomic E-state index is -0.178. The van der Waals surface area contributed by atoms with Gasteiger partial charge in [-0.05, 0) is 31.5 Å². The number of hydrogen-bond donors (Lipinski definition) is 2. The minimum absolute atomic E-state index is 0.00622. The molecule has 1 aliphatic rings. The lowest BCUT2D eigenvalue weighted by Gasteiger charge is -2.22. The van der Waals surface area contributed by atoms with Crippen LogP contribution in [-0.4, -0.2) is 25.5 Å². The van der Waals surface area contributed by atoms with Crippen LogP contribution >= 0.6 is 0 Å². The van der Waals surface area contributed by atoms with Crippen LogP contribution in [0.15, 0.2) is 18.2 Å². The van der Waals surface area contributed by atoms with E-state index in [9.17, 15) is 4.79 Å². The molecule has 1 unspecified atom stereocenters. The summed E-state index contributed by atoms with van der Waals surface area (Å²) < 4.78 is 0. The number of nitrogens with zero attached hydrogens (tertiary/aromatic N) is 1. The van der Waals surface area contributed by atoms with E-state index in [4.69, 9.17) is 5.73 Å². The quantitative estimate of drug-likeness (QED) is 0.842. The van der Waals surface area contributed by atoms with Gasteiger partial charge in [0, 0.05) is 25.3 Å². The molecule has 1 heterocycles. The molecule has 1 aromatic rings. The lowest BCUT2D eigenvalue weighted by atomic mass is 10.1. The van der Waals surface area contributed by atoms with E-state index >= 15 is 0 Å². The number of primary amides is 1. The molecule has 104 valence electrons. The van der Waals surface area contributed by atoms with Gasteiger partial charge in [-0.1, -0.05) is 24.6 Å². The Bertz CT molecular complexity index is 459. The highest BCUT2D eigenvalue weighted by Crippen LogP contribution is 2.27. The molecule has 0 radical (unpaired) electrons. The van der Waals surface area contributed by atoms with Gasteiger partial charge in [-0.3, -0.25) is 4.79 Å². The number of carbonyl (C=O) groups is 1. The first kappa shape index (κ1) is 13.9. The maximum Gasteiger partial charge on any atom is 0.222 e. The molecule has 1 aliphatic heterocycles.